The highest BCUT2D eigenvalue weighted by molar-refractivity contribution is 5.94. The summed E-state index contributed by atoms with van der Waals surface area (Å²) in [5.74, 6) is -0.252. The second-order valence-corrected chi connectivity index (χ2v) is 2.07. The monoisotopic (exact) mass is 163 g/mol. The number of aromatic nitrogens is 2. The first-order valence-electron chi connectivity index (χ1n) is 3.45. The van der Waals surface area contributed by atoms with Crippen LogP contribution in [-0.4, -0.2) is 22.9 Å². The number of carbonyl (C=O) groups excluding carboxylic acids is 1. The average Bonchev–Trinajstić information content (AvgIpc) is 2.16. The van der Waals surface area contributed by atoms with Crippen LogP contribution in [0.25, 0.3) is 6.08 Å². The standard InChI is InChI=1S/C8H9N3O/c1-3-6-7(8(12)9-2)11-5-4-10-6/h3-5H,1H2,2H3,(H,9,12). The van der Waals surface area contributed by atoms with Crippen molar-refractivity contribution in [3.8, 4) is 0 Å². The quantitative estimate of drug-likeness (QED) is 0.689. The normalized spacial score (nSPS) is 9.08. The molecule has 1 amide bonds. The van der Waals surface area contributed by atoms with Gasteiger partial charge in [-0.1, -0.05) is 6.58 Å². The summed E-state index contributed by atoms with van der Waals surface area (Å²) in [6, 6.07) is 0. The second-order valence-electron chi connectivity index (χ2n) is 2.07. The second kappa shape index (κ2) is 3.61. The maximum Gasteiger partial charge on any atom is 0.271 e. The molecule has 0 saturated heterocycles. The fourth-order valence-corrected chi connectivity index (χ4v) is 0.792. The predicted molar refractivity (Wildman–Crippen MR) is 45.5 cm³/mol. The molecule has 0 bridgehead atoms. The first-order valence-corrected chi connectivity index (χ1v) is 3.45. The Balaban J connectivity index is 3.13. The van der Waals surface area contributed by atoms with Gasteiger partial charge in [-0.2, -0.15) is 0 Å². The zero-order valence-corrected chi connectivity index (χ0v) is 6.74. The largest absolute Gasteiger partial charge is 0.354 e. The van der Waals surface area contributed by atoms with Crippen LogP contribution in [0.5, 0.6) is 0 Å². The van der Waals surface area contributed by atoms with Crippen molar-refractivity contribution in [2.24, 2.45) is 0 Å². The Morgan fingerprint density at radius 1 is 1.58 bits per heavy atom. The molecule has 0 aromatic carbocycles. The van der Waals surface area contributed by atoms with Crippen LogP contribution in [0.1, 0.15) is 16.2 Å². The van der Waals surface area contributed by atoms with Gasteiger partial charge in [0.1, 0.15) is 0 Å². The Hall–Kier alpha value is -1.71. The Labute approximate surface area is 70.4 Å². The van der Waals surface area contributed by atoms with Crippen LogP contribution in [0.15, 0.2) is 19.0 Å². The summed E-state index contributed by atoms with van der Waals surface area (Å²) in [5, 5.41) is 2.47. The van der Waals surface area contributed by atoms with Crippen molar-refractivity contribution in [1.29, 1.82) is 0 Å². The van der Waals surface area contributed by atoms with Crippen LogP contribution in [0, 0.1) is 0 Å². The molecular weight excluding hydrogens is 154 g/mol. The molecule has 1 N–H and O–H groups in total. The lowest BCUT2D eigenvalue weighted by Crippen LogP contribution is -2.20. The summed E-state index contributed by atoms with van der Waals surface area (Å²) in [6.45, 7) is 3.53. The number of hydrogen-bond acceptors (Lipinski definition) is 3. The van der Waals surface area contributed by atoms with Gasteiger partial charge in [0.15, 0.2) is 5.69 Å². The molecule has 4 nitrogen and oxygen atoms in total. The predicted octanol–water partition coefficient (Wildman–Crippen LogP) is 0.479. The summed E-state index contributed by atoms with van der Waals surface area (Å²) in [6.07, 6.45) is 4.48. The van der Waals surface area contributed by atoms with E-state index in [0.29, 0.717) is 11.4 Å². The van der Waals surface area contributed by atoms with Crippen LogP contribution in [-0.2, 0) is 0 Å². The summed E-state index contributed by atoms with van der Waals surface area (Å²) >= 11 is 0. The summed E-state index contributed by atoms with van der Waals surface area (Å²) in [7, 11) is 1.55. The minimum absolute atomic E-state index is 0.252. The topological polar surface area (TPSA) is 54.9 Å². The minimum Gasteiger partial charge on any atom is -0.354 e. The van der Waals surface area contributed by atoms with Crippen LogP contribution in [0.4, 0.5) is 0 Å². The zero-order valence-electron chi connectivity index (χ0n) is 6.74. The van der Waals surface area contributed by atoms with E-state index in [9.17, 15) is 4.79 Å². The molecule has 0 spiro atoms. The molecule has 1 rings (SSSR count). The summed E-state index contributed by atoms with van der Waals surface area (Å²) < 4.78 is 0. The fourth-order valence-electron chi connectivity index (χ4n) is 0.792. The van der Waals surface area contributed by atoms with E-state index in [0.717, 1.165) is 0 Å². The molecule has 4 heteroatoms. The zero-order chi connectivity index (χ0) is 8.97. The average molecular weight is 163 g/mol. The molecule has 0 unspecified atom stereocenters. The van der Waals surface area contributed by atoms with Crippen molar-refractivity contribution >= 4 is 12.0 Å². The molecule has 1 heterocycles. The van der Waals surface area contributed by atoms with Crippen molar-refractivity contribution in [2.45, 2.75) is 0 Å². The van der Waals surface area contributed by atoms with Gasteiger partial charge in [0, 0.05) is 19.4 Å². The van der Waals surface area contributed by atoms with Crippen molar-refractivity contribution in [1.82, 2.24) is 15.3 Å². The van der Waals surface area contributed by atoms with E-state index in [4.69, 9.17) is 0 Å². The third-order valence-corrected chi connectivity index (χ3v) is 1.36. The molecule has 1 aromatic heterocycles. The molecule has 0 atom stereocenters. The van der Waals surface area contributed by atoms with E-state index >= 15 is 0 Å². The highest BCUT2D eigenvalue weighted by Crippen LogP contribution is 2.01. The Morgan fingerprint density at radius 2 is 2.25 bits per heavy atom. The number of amides is 1. The fraction of sp³-hybridized carbons (Fsp3) is 0.125. The molecule has 0 aliphatic heterocycles. The van der Waals surface area contributed by atoms with Crippen molar-refractivity contribution in [3.63, 3.8) is 0 Å². The van der Waals surface area contributed by atoms with Crippen LogP contribution in [0.3, 0.4) is 0 Å². The van der Waals surface area contributed by atoms with Crippen LogP contribution in [0.2, 0.25) is 0 Å². The highest BCUT2D eigenvalue weighted by atomic mass is 16.1. The number of carbonyl (C=O) groups is 1. The molecule has 1 aromatic rings. The van der Waals surface area contributed by atoms with Gasteiger partial charge in [-0.3, -0.25) is 9.78 Å². The number of nitrogens with zero attached hydrogens (tertiary/aromatic N) is 2. The Kier molecular flexibility index (Phi) is 2.53. The number of hydrogen-bond donors (Lipinski definition) is 1. The van der Waals surface area contributed by atoms with Gasteiger partial charge in [-0.25, -0.2) is 4.98 Å². The lowest BCUT2D eigenvalue weighted by atomic mass is 10.3. The molecule has 62 valence electrons. The maximum absolute atomic E-state index is 11.1. The van der Waals surface area contributed by atoms with Crippen LogP contribution < -0.4 is 5.32 Å². The molecule has 0 saturated carbocycles. The van der Waals surface area contributed by atoms with Crippen molar-refractivity contribution in [3.05, 3.63) is 30.4 Å². The third kappa shape index (κ3) is 1.47. The molecule has 0 radical (unpaired) electrons. The van der Waals surface area contributed by atoms with Crippen molar-refractivity contribution < 1.29 is 4.79 Å². The summed E-state index contributed by atoms with van der Waals surface area (Å²) in [4.78, 5) is 18.9. The van der Waals surface area contributed by atoms with E-state index in [1.165, 1.54) is 18.5 Å². The SMILES string of the molecule is C=Cc1nccnc1C(=O)NC. The smallest absolute Gasteiger partial charge is 0.271 e. The van der Waals surface area contributed by atoms with Gasteiger partial charge in [0.25, 0.3) is 5.91 Å². The molecule has 0 aliphatic carbocycles. The summed E-state index contributed by atoms with van der Waals surface area (Å²) in [5.41, 5.74) is 0.798. The van der Waals surface area contributed by atoms with E-state index in [1.54, 1.807) is 7.05 Å². The lowest BCUT2D eigenvalue weighted by molar-refractivity contribution is 0.0957. The molecule has 0 fully saturated rings. The molecule has 0 aliphatic rings. The van der Waals surface area contributed by atoms with Gasteiger partial charge in [0.05, 0.1) is 5.69 Å². The van der Waals surface area contributed by atoms with Crippen molar-refractivity contribution in [2.75, 3.05) is 7.05 Å². The number of rotatable bonds is 2. The maximum atomic E-state index is 11.1. The van der Waals surface area contributed by atoms with E-state index in [-0.39, 0.29) is 5.91 Å². The van der Waals surface area contributed by atoms with Gasteiger partial charge in [-0.15, -0.1) is 0 Å². The van der Waals surface area contributed by atoms with E-state index in [2.05, 4.69) is 21.9 Å². The Morgan fingerprint density at radius 3 is 2.83 bits per heavy atom. The lowest BCUT2D eigenvalue weighted by Gasteiger charge is -2.00. The minimum atomic E-state index is -0.252. The van der Waals surface area contributed by atoms with Crippen LogP contribution >= 0.6 is 0 Å². The highest BCUT2D eigenvalue weighted by Gasteiger charge is 2.08. The van der Waals surface area contributed by atoms with Gasteiger partial charge >= 0.3 is 0 Å². The number of nitrogens with one attached hydrogen (secondary N) is 1. The molecule has 12 heavy (non-hydrogen) atoms. The Bertz CT molecular complexity index is 309. The van der Waals surface area contributed by atoms with E-state index in [1.807, 2.05) is 0 Å². The first kappa shape index (κ1) is 8.39. The first-order chi connectivity index (χ1) is 5.79. The van der Waals surface area contributed by atoms with E-state index < -0.39 is 0 Å². The third-order valence-electron chi connectivity index (χ3n) is 1.36. The van der Waals surface area contributed by atoms with Gasteiger partial charge in [0.2, 0.25) is 0 Å². The van der Waals surface area contributed by atoms with Gasteiger partial charge in [-0.05, 0) is 6.08 Å². The van der Waals surface area contributed by atoms with Gasteiger partial charge < -0.3 is 5.32 Å². The molecular formula is C8H9N3O.